The van der Waals surface area contributed by atoms with Gasteiger partial charge in [0.25, 0.3) is 0 Å². The number of nitrogens with two attached hydrogens (primary N) is 1. The molecular formula is C31H40N4O5S. The second-order valence-corrected chi connectivity index (χ2v) is 12.0. The fourth-order valence-electron chi connectivity index (χ4n) is 4.45. The predicted octanol–water partition coefficient (Wildman–Crippen LogP) is 5.77. The molecule has 41 heavy (non-hydrogen) atoms. The molecule has 0 saturated carbocycles. The number of methoxy groups -OCH3 is 1. The van der Waals surface area contributed by atoms with E-state index < -0.39 is 17.7 Å². The van der Waals surface area contributed by atoms with E-state index in [0.717, 1.165) is 33.5 Å². The van der Waals surface area contributed by atoms with Crippen LogP contribution in [0.5, 0.6) is 0 Å². The van der Waals surface area contributed by atoms with Crippen molar-refractivity contribution in [3.05, 3.63) is 68.7 Å². The first kappa shape index (κ1) is 31.8. The second kappa shape index (κ2) is 13.7. The van der Waals surface area contributed by atoms with Gasteiger partial charge in [0.1, 0.15) is 5.60 Å². The van der Waals surface area contributed by atoms with Gasteiger partial charge in [0, 0.05) is 40.8 Å². The Balaban J connectivity index is 2.11. The fraction of sp³-hybridized carbons (Fsp3) is 0.419. The molecule has 0 aliphatic rings. The number of aryl methyl sites for hydroxylation is 1. The molecule has 3 rings (SSSR count). The highest BCUT2D eigenvalue weighted by Gasteiger charge is 2.24. The van der Waals surface area contributed by atoms with E-state index in [1.165, 1.54) is 18.4 Å². The van der Waals surface area contributed by atoms with Gasteiger partial charge in [-0.05, 0) is 62.3 Å². The number of amides is 2. The van der Waals surface area contributed by atoms with Crippen LogP contribution >= 0.6 is 11.3 Å². The van der Waals surface area contributed by atoms with E-state index in [0.29, 0.717) is 35.8 Å². The summed E-state index contributed by atoms with van der Waals surface area (Å²) in [4.78, 5) is 43.1. The predicted molar refractivity (Wildman–Crippen MR) is 162 cm³/mol. The largest absolute Gasteiger partial charge is 0.465 e. The van der Waals surface area contributed by atoms with E-state index in [4.69, 9.17) is 20.2 Å². The van der Waals surface area contributed by atoms with Crippen LogP contribution in [0.25, 0.3) is 11.1 Å². The van der Waals surface area contributed by atoms with Crippen LogP contribution in [-0.4, -0.2) is 35.7 Å². The van der Waals surface area contributed by atoms with E-state index in [2.05, 4.69) is 24.5 Å². The van der Waals surface area contributed by atoms with Gasteiger partial charge in [-0.1, -0.05) is 38.1 Å². The number of ether oxygens (including phenoxy) is 2. The monoisotopic (exact) mass is 580 g/mol. The maximum Gasteiger partial charge on any atom is 0.407 e. The van der Waals surface area contributed by atoms with Crippen molar-refractivity contribution in [2.75, 3.05) is 12.4 Å². The lowest BCUT2D eigenvalue weighted by molar-refractivity contribution is -0.115. The van der Waals surface area contributed by atoms with Crippen LogP contribution < -0.4 is 16.4 Å². The molecule has 0 spiro atoms. The number of pyridine rings is 1. The second-order valence-electron chi connectivity index (χ2n) is 11.2. The first-order valence-corrected chi connectivity index (χ1v) is 14.5. The van der Waals surface area contributed by atoms with Gasteiger partial charge in [-0.3, -0.25) is 9.78 Å². The molecule has 2 amide bonds. The highest BCUT2D eigenvalue weighted by atomic mass is 32.1. The minimum absolute atomic E-state index is 0.00463. The molecule has 0 unspecified atom stereocenters. The van der Waals surface area contributed by atoms with Gasteiger partial charge in [0.15, 0.2) is 0 Å². The third kappa shape index (κ3) is 8.61. The molecule has 0 radical (unpaired) electrons. The van der Waals surface area contributed by atoms with Crippen molar-refractivity contribution in [1.82, 2.24) is 10.3 Å². The van der Waals surface area contributed by atoms with E-state index in [1.54, 1.807) is 10.8 Å². The molecule has 0 aliphatic carbocycles. The van der Waals surface area contributed by atoms with E-state index in [9.17, 15) is 14.4 Å². The Labute approximate surface area is 245 Å². The van der Waals surface area contributed by atoms with Crippen LogP contribution in [0.4, 0.5) is 10.5 Å². The van der Waals surface area contributed by atoms with Gasteiger partial charge in [-0.25, -0.2) is 9.59 Å². The third-order valence-corrected chi connectivity index (χ3v) is 7.00. The lowest BCUT2D eigenvalue weighted by atomic mass is 9.88. The minimum atomic E-state index is -0.648. The zero-order valence-corrected chi connectivity index (χ0v) is 25.7. The topological polar surface area (TPSA) is 133 Å². The van der Waals surface area contributed by atoms with Crippen LogP contribution in [0, 0.1) is 12.8 Å². The number of nitrogens with zero attached hydrogens (tertiary/aromatic N) is 1. The fourth-order valence-corrected chi connectivity index (χ4v) is 5.20. The van der Waals surface area contributed by atoms with Gasteiger partial charge < -0.3 is 25.8 Å². The van der Waals surface area contributed by atoms with Gasteiger partial charge in [-0.2, -0.15) is 0 Å². The molecule has 1 aromatic carbocycles. The average molecular weight is 581 g/mol. The number of carbonyl (C=O) groups is 3. The first-order chi connectivity index (χ1) is 19.3. The van der Waals surface area contributed by atoms with Crippen molar-refractivity contribution < 1.29 is 23.9 Å². The summed E-state index contributed by atoms with van der Waals surface area (Å²) in [5.74, 6) is -0.520. The Kier molecular flexibility index (Phi) is 10.6. The molecule has 4 N–H and O–H groups in total. The molecule has 10 heteroatoms. The molecule has 0 fully saturated rings. The van der Waals surface area contributed by atoms with E-state index in [-0.39, 0.29) is 18.9 Å². The number of esters is 1. The number of thiophene rings is 1. The zero-order chi connectivity index (χ0) is 30.3. The van der Waals surface area contributed by atoms with Crippen LogP contribution in [0.1, 0.15) is 73.1 Å². The number of anilines is 1. The van der Waals surface area contributed by atoms with Crippen molar-refractivity contribution in [2.45, 2.75) is 73.1 Å². The number of nitrogens with one attached hydrogen (secondary N) is 2. The molecule has 0 bridgehead atoms. The highest BCUT2D eigenvalue weighted by molar-refractivity contribution is 7.08. The summed E-state index contributed by atoms with van der Waals surface area (Å²) in [6.45, 7) is 12.1. The molecule has 9 nitrogen and oxygen atoms in total. The normalized spacial score (nSPS) is 11.3. The maximum atomic E-state index is 13.4. The number of alkyl carbamates (subject to hydrolysis) is 1. The lowest BCUT2D eigenvalue weighted by Crippen LogP contribution is -2.32. The van der Waals surface area contributed by atoms with Crippen LogP contribution in [0.15, 0.2) is 35.0 Å². The first-order valence-electron chi connectivity index (χ1n) is 13.5. The molecule has 220 valence electrons. The van der Waals surface area contributed by atoms with Gasteiger partial charge in [-0.15, -0.1) is 11.3 Å². The van der Waals surface area contributed by atoms with E-state index in [1.807, 2.05) is 52.0 Å². The summed E-state index contributed by atoms with van der Waals surface area (Å²) < 4.78 is 10.3. The Morgan fingerprint density at radius 3 is 2.34 bits per heavy atom. The maximum absolute atomic E-state index is 13.4. The summed E-state index contributed by atoms with van der Waals surface area (Å²) >= 11 is 1.30. The number of hydrogen-bond acceptors (Lipinski definition) is 8. The van der Waals surface area contributed by atoms with Crippen molar-refractivity contribution in [2.24, 2.45) is 11.7 Å². The van der Waals surface area contributed by atoms with Crippen LogP contribution in [0.2, 0.25) is 0 Å². The number of hydrogen-bond donors (Lipinski definition) is 3. The number of rotatable bonds is 10. The standard InChI is InChI=1S/C31H40N4O5S/c1-18(2)12-25-23(15-33-30(38)40-31(4,5)6)28(21-10-8-20(14-32)9-11-21)22(19(3)34-25)13-27(36)35-26-17-41-16-24(26)29(37)39-7/h8-11,16-18H,12-15,32H2,1-7H3,(H,33,38)(H,35,36). The Morgan fingerprint density at radius 1 is 1.07 bits per heavy atom. The number of aromatic nitrogens is 1. The van der Waals surface area contributed by atoms with Crippen molar-refractivity contribution in [3.63, 3.8) is 0 Å². The van der Waals surface area contributed by atoms with E-state index >= 15 is 0 Å². The van der Waals surface area contributed by atoms with Gasteiger partial charge >= 0.3 is 12.1 Å². The Hall–Kier alpha value is -3.76. The highest BCUT2D eigenvalue weighted by Crippen LogP contribution is 2.34. The van der Waals surface area contributed by atoms with Crippen LogP contribution in [-0.2, 0) is 40.2 Å². The molecule has 3 aromatic rings. The summed E-state index contributed by atoms with van der Waals surface area (Å²) in [7, 11) is 1.30. The van der Waals surface area contributed by atoms with Crippen molar-refractivity contribution >= 4 is 35.0 Å². The van der Waals surface area contributed by atoms with Crippen molar-refractivity contribution in [3.8, 4) is 11.1 Å². The summed E-state index contributed by atoms with van der Waals surface area (Å²) in [6, 6.07) is 7.86. The smallest absolute Gasteiger partial charge is 0.407 e. The SMILES string of the molecule is COC(=O)c1cscc1NC(=O)Cc1c(C)nc(CC(C)C)c(CNC(=O)OC(C)(C)C)c1-c1ccc(CN)cc1. The third-order valence-electron chi connectivity index (χ3n) is 6.26. The average Bonchev–Trinajstić information content (AvgIpc) is 3.35. The summed E-state index contributed by atoms with van der Waals surface area (Å²) in [5, 5.41) is 9.09. The minimum Gasteiger partial charge on any atom is -0.465 e. The molecule has 0 atom stereocenters. The lowest BCUT2D eigenvalue weighted by Gasteiger charge is -2.23. The quantitative estimate of drug-likeness (QED) is 0.259. The van der Waals surface area contributed by atoms with Crippen LogP contribution in [0.3, 0.4) is 0 Å². The Bertz CT molecular complexity index is 1390. The number of benzene rings is 1. The van der Waals surface area contributed by atoms with Gasteiger partial charge in [0.05, 0.1) is 24.8 Å². The zero-order valence-electron chi connectivity index (χ0n) is 24.8. The van der Waals surface area contributed by atoms with Gasteiger partial charge in [0.2, 0.25) is 5.91 Å². The molecular weight excluding hydrogens is 540 g/mol. The molecule has 0 aliphatic heterocycles. The summed E-state index contributed by atoms with van der Waals surface area (Å²) in [5.41, 5.74) is 11.7. The number of carbonyl (C=O) groups excluding carboxylic acids is 3. The molecule has 2 aromatic heterocycles. The summed E-state index contributed by atoms with van der Waals surface area (Å²) in [6.07, 6.45) is 0.152. The Morgan fingerprint density at radius 2 is 1.76 bits per heavy atom. The van der Waals surface area contributed by atoms with Crippen molar-refractivity contribution in [1.29, 1.82) is 0 Å². The molecule has 2 heterocycles. The molecule has 0 saturated heterocycles.